The number of rotatable bonds is 5. The van der Waals surface area contributed by atoms with Gasteiger partial charge >= 0.3 is 0 Å². The van der Waals surface area contributed by atoms with Gasteiger partial charge in [-0.1, -0.05) is 56.3 Å². The molecule has 2 heterocycles. The molecule has 0 saturated carbocycles. The van der Waals surface area contributed by atoms with Gasteiger partial charge in [-0.25, -0.2) is 0 Å². The van der Waals surface area contributed by atoms with Crippen LogP contribution in [-0.2, 0) is 17.6 Å². The molecule has 1 aliphatic rings. The van der Waals surface area contributed by atoms with Gasteiger partial charge in [-0.15, -0.1) is 0 Å². The number of hydrogen-bond acceptors (Lipinski definition) is 3. The smallest absolute Gasteiger partial charge is 0.257 e. The summed E-state index contributed by atoms with van der Waals surface area (Å²) >= 11 is 0. The highest BCUT2D eigenvalue weighted by Gasteiger charge is 2.25. The fraction of sp³-hybridized carbons (Fsp3) is 0.269. The summed E-state index contributed by atoms with van der Waals surface area (Å²) in [4.78, 5) is 32.1. The van der Waals surface area contributed by atoms with E-state index in [1.54, 1.807) is 17.2 Å². The number of carbonyl (C=O) groups is 2. The van der Waals surface area contributed by atoms with E-state index >= 15 is 0 Å². The molecule has 1 aliphatic heterocycles. The molecule has 1 N–H and O–H groups in total. The van der Waals surface area contributed by atoms with Crippen molar-refractivity contribution in [2.45, 2.75) is 39.0 Å². The fourth-order valence-electron chi connectivity index (χ4n) is 3.83. The molecule has 5 heteroatoms. The molecule has 0 saturated heterocycles. The molecule has 0 unspecified atom stereocenters. The molecule has 1 aromatic heterocycles. The molecular formula is C26H27N3O2. The van der Waals surface area contributed by atoms with Gasteiger partial charge in [0.2, 0.25) is 5.91 Å². The van der Waals surface area contributed by atoms with Gasteiger partial charge in [0.05, 0.1) is 23.4 Å². The first kappa shape index (κ1) is 20.8. The van der Waals surface area contributed by atoms with Crippen molar-refractivity contribution >= 4 is 23.2 Å². The summed E-state index contributed by atoms with van der Waals surface area (Å²) in [6.45, 7) is 4.95. The lowest BCUT2D eigenvalue weighted by Crippen LogP contribution is -2.37. The minimum Gasteiger partial charge on any atom is -0.322 e. The summed E-state index contributed by atoms with van der Waals surface area (Å²) in [5.41, 5.74) is 5.04. The summed E-state index contributed by atoms with van der Waals surface area (Å²) in [7, 11) is 0. The summed E-state index contributed by atoms with van der Waals surface area (Å²) < 4.78 is 0. The van der Waals surface area contributed by atoms with Crippen molar-refractivity contribution in [1.82, 2.24) is 4.98 Å². The number of fused-ring (bicyclic) bond motifs is 1. The van der Waals surface area contributed by atoms with Gasteiger partial charge < -0.3 is 10.2 Å². The van der Waals surface area contributed by atoms with Gasteiger partial charge in [0, 0.05) is 18.4 Å². The minimum atomic E-state index is -0.233. The maximum atomic E-state index is 13.1. The zero-order valence-corrected chi connectivity index (χ0v) is 18.0. The Hall–Kier alpha value is -3.47. The van der Waals surface area contributed by atoms with E-state index in [4.69, 9.17) is 0 Å². The summed E-state index contributed by atoms with van der Waals surface area (Å²) in [5.74, 6) is 0.259. The Morgan fingerprint density at radius 3 is 2.52 bits per heavy atom. The highest BCUT2D eigenvalue weighted by Crippen LogP contribution is 2.28. The van der Waals surface area contributed by atoms with E-state index in [0.29, 0.717) is 24.4 Å². The Balaban J connectivity index is 1.52. The number of hydrogen-bond donors (Lipinski definition) is 1. The van der Waals surface area contributed by atoms with Crippen LogP contribution in [0.1, 0.15) is 53.4 Å². The molecule has 5 nitrogen and oxygen atoms in total. The SMILES string of the molecule is CC(C)c1ccc(CC(=O)N2CCCc3ncc(C(=O)Nc4ccccc4)cc32)cc1. The van der Waals surface area contributed by atoms with Crippen LogP contribution < -0.4 is 10.2 Å². The van der Waals surface area contributed by atoms with Crippen LogP contribution in [0.4, 0.5) is 11.4 Å². The zero-order chi connectivity index (χ0) is 21.8. The average molecular weight is 414 g/mol. The van der Waals surface area contributed by atoms with Crippen molar-refractivity contribution in [3.05, 3.63) is 89.2 Å². The van der Waals surface area contributed by atoms with Crippen molar-refractivity contribution in [2.24, 2.45) is 0 Å². The molecule has 0 aliphatic carbocycles. The van der Waals surface area contributed by atoms with Gasteiger partial charge in [-0.3, -0.25) is 14.6 Å². The van der Waals surface area contributed by atoms with Gasteiger partial charge in [0.1, 0.15) is 0 Å². The Morgan fingerprint density at radius 2 is 1.81 bits per heavy atom. The van der Waals surface area contributed by atoms with E-state index < -0.39 is 0 Å². The maximum absolute atomic E-state index is 13.1. The van der Waals surface area contributed by atoms with E-state index in [2.05, 4.69) is 36.3 Å². The van der Waals surface area contributed by atoms with Crippen molar-refractivity contribution in [3.63, 3.8) is 0 Å². The monoisotopic (exact) mass is 413 g/mol. The Morgan fingerprint density at radius 1 is 1.06 bits per heavy atom. The maximum Gasteiger partial charge on any atom is 0.257 e. The number of benzene rings is 2. The number of para-hydroxylation sites is 1. The van der Waals surface area contributed by atoms with Gasteiger partial charge in [0.15, 0.2) is 0 Å². The molecule has 4 rings (SSSR count). The van der Waals surface area contributed by atoms with Crippen LogP contribution in [0.15, 0.2) is 66.9 Å². The van der Waals surface area contributed by atoms with Crippen LogP contribution in [0, 0.1) is 0 Å². The quantitative estimate of drug-likeness (QED) is 0.642. The third-order valence-electron chi connectivity index (χ3n) is 5.63. The van der Waals surface area contributed by atoms with Gasteiger partial charge in [0.25, 0.3) is 5.91 Å². The second-order valence-corrected chi connectivity index (χ2v) is 8.23. The number of nitrogens with one attached hydrogen (secondary N) is 1. The first-order valence-corrected chi connectivity index (χ1v) is 10.8. The van der Waals surface area contributed by atoms with Crippen LogP contribution in [0.3, 0.4) is 0 Å². The highest BCUT2D eigenvalue weighted by molar-refractivity contribution is 6.05. The predicted molar refractivity (Wildman–Crippen MR) is 124 cm³/mol. The predicted octanol–water partition coefficient (Wildman–Crippen LogP) is 4.98. The first-order valence-electron chi connectivity index (χ1n) is 10.8. The Labute approximate surface area is 183 Å². The van der Waals surface area contributed by atoms with Crippen LogP contribution in [0.5, 0.6) is 0 Å². The van der Waals surface area contributed by atoms with Crippen LogP contribution >= 0.6 is 0 Å². The van der Waals surface area contributed by atoms with Gasteiger partial charge in [-0.05, 0) is 48.1 Å². The largest absolute Gasteiger partial charge is 0.322 e. The number of nitrogens with zero attached hydrogens (tertiary/aromatic N) is 2. The molecule has 31 heavy (non-hydrogen) atoms. The van der Waals surface area contributed by atoms with Gasteiger partial charge in [-0.2, -0.15) is 0 Å². The van der Waals surface area contributed by atoms with E-state index in [-0.39, 0.29) is 11.8 Å². The third kappa shape index (κ3) is 4.82. The minimum absolute atomic E-state index is 0.0284. The molecule has 2 aromatic carbocycles. The second kappa shape index (κ2) is 9.13. The molecule has 0 radical (unpaired) electrons. The van der Waals surface area contributed by atoms with Crippen LogP contribution in [-0.4, -0.2) is 23.3 Å². The van der Waals surface area contributed by atoms with E-state index in [1.165, 1.54) is 5.56 Å². The standard InChI is InChI=1S/C26H27N3O2/c1-18(2)20-12-10-19(11-13-20)15-25(30)29-14-6-9-23-24(29)16-21(17-27-23)26(31)28-22-7-4-3-5-8-22/h3-5,7-8,10-13,16-18H,6,9,14-15H2,1-2H3,(H,28,31). The zero-order valence-electron chi connectivity index (χ0n) is 18.0. The summed E-state index contributed by atoms with van der Waals surface area (Å²) in [6, 6.07) is 19.3. The molecule has 0 fully saturated rings. The van der Waals surface area contributed by atoms with Crippen LogP contribution in [0.2, 0.25) is 0 Å². The lowest BCUT2D eigenvalue weighted by Gasteiger charge is -2.29. The third-order valence-corrected chi connectivity index (χ3v) is 5.63. The molecule has 0 spiro atoms. The lowest BCUT2D eigenvalue weighted by molar-refractivity contribution is -0.118. The summed E-state index contributed by atoms with van der Waals surface area (Å²) in [5, 5.41) is 2.88. The molecule has 0 atom stereocenters. The number of pyridine rings is 1. The van der Waals surface area contributed by atoms with E-state index in [0.717, 1.165) is 35.5 Å². The Bertz CT molecular complexity index is 1080. The Kier molecular flexibility index (Phi) is 6.12. The van der Waals surface area contributed by atoms with Crippen molar-refractivity contribution in [1.29, 1.82) is 0 Å². The van der Waals surface area contributed by atoms with Crippen molar-refractivity contribution in [2.75, 3.05) is 16.8 Å². The molecule has 158 valence electrons. The summed E-state index contributed by atoms with van der Waals surface area (Å²) in [6.07, 6.45) is 3.60. The first-order chi connectivity index (χ1) is 15.0. The number of aromatic nitrogens is 1. The van der Waals surface area contributed by atoms with E-state index in [1.807, 2.05) is 42.5 Å². The molecular weight excluding hydrogens is 386 g/mol. The number of amides is 2. The average Bonchev–Trinajstić information content (AvgIpc) is 2.79. The second-order valence-electron chi connectivity index (χ2n) is 8.23. The normalized spacial score (nSPS) is 13.1. The van der Waals surface area contributed by atoms with Crippen molar-refractivity contribution in [3.8, 4) is 0 Å². The van der Waals surface area contributed by atoms with E-state index in [9.17, 15) is 9.59 Å². The topological polar surface area (TPSA) is 62.3 Å². The van der Waals surface area contributed by atoms with Crippen LogP contribution in [0.25, 0.3) is 0 Å². The number of aryl methyl sites for hydroxylation is 1. The fourth-order valence-corrected chi connectivity index (χ4v) is 3.83. The lowest BCUT2D eigenvalue weighted by atomic mass is 10.00. The number of carbonyl (C=O) groups excluding carboxylic acids is 2. The molecule has 2 amide bonds. The highest BCUT2D eigenvalue weighted by atomic mass is 16.2. The number of anilines is 2. The molecule has 3 aromatic rings. The van der Waals surface area contributed by atoms with Crippen molar-refractivity contribution < 1.29 is 9.59 Å². The molecule has 0 bridgehead atoms.